The molecule has 5 heteroatoms. The summed E-state index contributed by atoms with van der Waals surface area (Å²) in [6.45, 7) is 2.85. The minimum Gasteiger partial charge on any atom is -0.334 e. The summed E-state index contributed by atoms with van der Waals surface area (Å²) in [6, 6.07) is 4.84. The molecule has 1 aromatic heterocycles. The van der Waals surface area contributed by atoms with Crippen LogP contribution in [-0.4, -0.2) is 16.6 Å². The van der Waals surface area contributed by atoms with E-state index in [4.69, 9.17) is 0 Å². The van der Waals surface area contributed by atoms with Gasteiger partial charge in [0.25, 0.3) is 0 Å². The van der Waals surface area contributed by atoms with Crippen LogP contribution in [0.3, 0.4) is 0 Å². The maximum absolute atomic E-state index is 14.0. The highest BCUT2D eigenvalue weighted by Crippen LogP contribution is 2.25. The van der Waals surface area contributed by atoms with Crippen LogP contribution in [0.2, 0.25) is 0 Å². The average Bonchev–Trinajstić information content (AvgIpc) is 2.81. The maximum Gasteiger partial charge on any atom is 0.130 e. The summed E-state index contributed by atoms with van der Waals surface area (Å²) in [7, 11) is 1.81. The summed E-state index contributed by atoms with van der Waals surface area (Å²) in [5.41, 5.74) is 0.599. The van der Waals surface area contributed by atoms with Crippen molar-refractivity contribution in [2.75, 3.05) is 7.05 Å². The van der Waals surface area contributed by atoms with E-state index in [1.165, 1.54) is 6.07 Å². The predicted octanol–water partition coefficient (Wildman–Crippen LogP) is 3.11. The Bertz CT molecular complexity index is 539. The quantitative estimate of drug-likeness (QED) is 0.940. The Morgan fingerprint density at radius 3 is 2.89 bits per heavy atom. The van der Waals surface area contributed by atoms with Crippen molar-refractivity contribution in [2.24, 2.45) is 0 Å². The predicted molar refractivity (Wildman–Crippen MR) is 72.9 cm³/mol. The summed E-state index contributed by atoms with van der Waals surface area (Å²) < 4.78 is 16.7. The van der Waals surface area contributed by atoms with E-state index in [1.54, 1.807) is 19.3 Å². The largest absolute Gasteiger partial charge is 0.334 e. The normalized spacial score (nSPS) is 12.7. The topological polar surface area (TPSA) is 29.9 Å². The van der Waals surface area contributed by atoms with Gasteiger partial charge in [-0.15, -0.1) is 0 Å². The van der Waals surface area contributed by atoms with E-state index < -0.39 is 0 Å². The Kier molecular flexibility index (Phi) is 4.14. The highest BCUT2D eigenvalue weighted by Gasteiger charge is 2.20. The summed E-state index contributed by atoms with van der Waals surface area (Å²) in [5.74, 6) is 0.579. The number of rotatable bonds is 4. The first-order valence-corrected chi connectivity index (χ1v) is 6.60. The Hall–Kier alpha value is -1.20. The molecule has 0 aliphatic carbocycles. The monoisotopic (exact) mass is 311 g/mol. The van der Waals surface area contributed by atoms with E-state index >= 15 is 0 Å². The van der Waals surface area contributed by atoms with Crippen LogP contribution >= 0.6 is 15.9 Å². The summed E-state index contributed by atoms with van der Waals surface area (Å²) in [4.78, 5) is 4.32. The van der Waals surface area contributed by atoms with Crippen molar-refractivity contribution in [1.82, 2.24) is 14.9 Å². The van der Waals surface area contributed by atoms with Crippen molar-refractivity contribution in [3.05, 3.63) is 52.3 Å². The Morgan fingerprint density at radius 2 is 2.28 bits per heavy atom. The molecule has 1 N–H and O–H groups in total. The smallest absolute Gasteiger partial charge is 0.130 e. The number of imidazole rings is 1. The van der Waals surface area contributed by atoms with Gasteiger partial charge in [0.1, 0.15) is 11.6 Å². The second-order valence-electron chi connectivity index (χ2n) is 3.96. The molecule has 3 nitrogen and oxygen atoms in total. The molecule has 1 heterocycles. The third kappa shape index (κ3) is 2.47. The fourth-order valence-corrected chi connectivity index (χ4v) is 2.34. The van der Waals surface area contributed by atoms with Crippen LogP contribution in [0.4, 0.5) is 4.39 Å². The highest BCUT2D eigenvalue weighted by molar-refractivity contribution is 9.10. The summed E-state index contributed by atoms with van der Waals surface area (Å²) in [5, 5.41) is 3.12. The van der Waals surface area contributed by atoms with Crippen molar-refractivity contribution in [2.45, 2.75) is 19.5 Å². The first-order chi connectivity index (χ1) is 8.67. The van der Waals surface area contributed by atoms with E-state index in [1.807, 2.05) is 23.8 Å². The van der Waals surface area contributed by atoms with Gasteiger partial charge in [-0.1, -0.05) is 22.0 Å². The summed E-state index contributed by atoms with van der Waals surface area (Å²) in [6.07, 6.45) is 3.64. The standard InChI is InChI=1S/C13H15BrFN3/c1-3-18-7-6-17-13(18)12(16-2)10-5-4-9(14)8-11(10)15/h4-8,12,16H,3H2,1-2H3. The molecule has 0 saturated carbocycles. The zero-order valence-electron chi connectivity index (χ0n) is 10.3. The fourth-order valence-electron chi connectivity index (χ4n) is 2.01. The van der Waals surface area contributed by atoms with Gasteiger partial charge in [0.2, 0.25) is 0 Å². The van der Waals surface area contributed by atoms with Crippen molar-refractivity contribution in [1.29, 1.82) is 0 Å². The molecule has 0 bridgehead atoms. The van der Waals surface area contributed by atoms with Gasteiger partial charge in [-0.25, -0.2) is 9.37 Å². The number of hydrogen-bond donors (Lipinski definition) is 1. The van der Waals surface area contributed by atoms with Gasteiger partial charge in [-0.2, -0.15) is 0 Å². The Balaban J connectivity index is 2.45. The average molecular weight is 312 g/mol. The highest BCUT2D eigenvalue weighted by atomic mass is 79.9. The first-order valence-electron chi connectivity index (χ1n) is 5.80. The SMILES string of the molecule is CCn1ccnc1C(NC)c1ccc(Br)cc1F. The molecular formula is C13H15BrFN3. The van der Waals surface area contributed by atoms with Gasteiger partial charge in [0, 0.05) is 29.0 Å². The van der Waals surface area contributed by atoms with Crippen LogP contribution in [0.25, 0.3) is 0 Å². The lowest BCUT2D eigenvalue weighted by atomic mass is 10.1. The molecule has 0 radical (unpaired) electrons. The van der Waals surface area contributed by atoms with Crippen LogP contribution in [0, 0.1) is 5.82 Å². The molecule has 0 amide bonds. The van der Waals surface area contributed by atoms with Gasteiger partial charge in [0.15, 0.2) is 0 Å². The van der Waals surface area contributed by atoms with Crippen LogP contribution in [0.1, 0.15) is 24.4 Å². The van der Waals surface area contributed by atoms with E-state index in [-0.39, 0.29) is 11.9 Å². The van der Waals surface area contributed by atoms with Gasteiger partial charge in [-0.05, 0) is 26.1 Å². The van der Waals surface area contributed by atoms with E-state index in [0.29, 0.717) is 5.56 Å². The van der Waals surface area contributed by atoms with E-state index in [0.717, 1.165) is 16.8 Å². The lowest BCUT2D eigenvalue weighted by molar-refractivity contribution is 0.542. The number of hydrogen-bond acceptors (Lipinski definition) is 2. The Labute approximate surface area is 114 Å². The van der Waals surface area contributed by atoms with Crippen molar-refractivity contribution in [3.63, 3.8) is 0 Å². The van der Waals surface area contributed by atoms with Crippen LogP contribution in [0.5, 0.6) is 0 Å². The number of nitrogens with zero attached hydrogens (tertiary/aromatic N) is 2. The summed E-state index contributed by atoms with van der Waals surface area (Å²) >= 11 is 3.26. The molecule has 96 valence electrons. The van der Waals surface area contributed by atoms with Crippen LogP contribution < -0.4 is 5.32 Å². The van der Waals surface area contributed by atoms with Gasteiger partial charge in [0.05, 0.1) is 6.04 Å². The van der Waals surface area contributed by atoms with Gasteiger partial charge < -0.3 is 9.88 Å². The molecule has 1 aromatic carbocycles. The lowest BCUT2D eigenvalue weighted by Crippen LogP contribution is -2.22. The zero-order chi connectivity index (χ0) is 13.1. The molecule has 0 fully saturated rings. The van der Waals surface area contributed by atoms with Crippen LogP contribution in [-0.2, 0) is 6.54 Å². The molecule has 2 rings (SSSR count). The molecule has 0 spiro atoms. The molecule has 0 aliphatic heterocycles. The van der Waals surface area contributed by atoms with Gasteiger partial charge >= 0.3 is 0 Å². The number of benzene rings is 1. The molecule has 1 unspecified atom stereocenters. The van der Waals surface area contributed by atoms with Crippen molar-refractivity contribution >= 4 is 15.9 Å². The molecule has 1 atom stereocenters. The zero-order valence-corrected chi connectivity index (χ0v) is 11.9. The fraction of sp³-hybridized carbons (Fsp3) is 0.308. The molecule has 0 aliphatic rings. The second-order valence-corrected chi connectivity index (χ2v) is 4.87. The van der Waals surface area contributed by atoms with Crippen molar-refractivity contribution in [3.8, 4) is 0 Å². The third-order valence-corrected chi connectivity index (χ3v) is 3.40. The molecule has 18 heavy (non-hydrogen) atoms. The minimum atomic E-state index is -0.243. The number of aromatic nitrogens is 2. The van der Waals surface area contributed by atoms with Crippen LogP contribution in [0.15, 0.2) is 35.1 Å². The molecule has 2 aromatic rings. The minimum absolute atomic E-state index is 0.241. The third-order valence-electron chi connectivity index (χ3n) is 2.91. The number of halogens is 2. The van der Waals surface area contributed by atoms with E-state index in [2.05, 4.69) is 26.2 Å². The van der Waals surface area contributed by atoms with E-state index in [9.17, 15) is 4.39 Å². The maximum atomic E-state index is 14.0. The van der Waals surface area contributed by atoms with Crippen molar-refractivity contribution < 1.29 is 4.39 Å². The number of nitrogens with one attached hydrogen (secondary N) is 1. The Morgan fingerprint density at radius 1 is 1.50 bits per heavy atom. The van der Waals surface area contributed by atoms with Gasteiger partial charge in [-0.3, -0.25) is 0 Å². The number of aryl methyl sites for hydroxylation is 1. The second kappa shape index (κ2) is 5.63. The first kappa shape index (κ1) is 13.2. The molecular weight excluding hydrogens is 297 g/mol. The lowest BCUT2D eigenvalue weighted by Gasteiger charge is -2.18. The molecule has 0 saturated heterocycles.